The summed E-state index contributed by atoms with van der Waals surface area (Å²) in [6.07, 6.45) is 0.418. The van der Waals surface area contributed by atoms with Gasteiger partial charge in [0.05, 0.1) is 13.2 Å². The molecule has 2 aromatic rings. The fourth-order valence-corrected chi connectivity index (χ4v) is 3.85. The van der Waals surface area contributed by atoms with Gasteiger partial charge in [-0.1, -0.05) is 75.4 Å². The molecule has 2 amide bonds. The zero-order valence-electron chi connectivity index (χ0n) is 18.4. The van der Waals surface area contributed by atoms with E-state index in [1.54, 1.807) is 4.90 Å². The Bertz CT molecular complexity index is 872. The largest absolute Gasteiger partial charge is 0.361 e. The minimum atomic E-state index is -1.08. The van der Waals surface area contributed by atoms with Crippen molar-refractivity contribution in [3.63, 3.8) is 0 Å². The first kappa shape index (κ1) is 22.0. The molecule has 5 heteroatoms. The Kier molecular flexibility index (Phi) is 6.61. The molecule has 0 bridgehead atoms. The van der Waals surface area contributed by atoms with Gasteiger partial charge < -0.3 is 15.0 Å². The highest BCUT2D eigenvalue weighted by molar-refractivity contribution is 5.88. The lowest BCUT2D eigenvalue weighted by atomic mass is 9.88. The lowest BCUT2D eigenvalue weighted by molar-refractivity contribution is -0.169. The van der Waals surface area contributed by atoms with E-state index in [4.69, 9.17) is 4.74 Å². The van der Waals surface area contributed by atoms with E-state index in [1.165, 1.54) is 0 Å². The summed E-state index contributed by atoms with van der Waals surface area (Å²) < 4.78 is 6.09. The fourth-order valence-electron chi connectivity index (χ4n) is 3.85. The van der Waals surface area contributed by atoms with Gasteiger partial charge in [0.15, 0.2) is 5.60 Å². The normalized spacial score (nSPS) is 19.4. The first-order chi connectivity index (χ1) is 14.2. The zero-order valence-corrected chi connectivity index (χ0v) is 18.4. The smallest absolute Gasteiger partial charge is 0.254 e. The molecule has 1 saturated heterocycles. The molecule has 1 heterocycles. The van der Waals surface area contributed by atoms with Gasteiger partial charge in [0, 0.05) is 24.9 Å². The summed E-state index contributed by atoms with van der Waals surface area (Å²) in [6, 6.07) is 18.4. The van der Waals surface area contributed by atoms with Crippen LogP contribution < -0.4 is 5.32 Å². The summed E-state index contributed by atoms with van der Waals surface area (Å²) in [5.41, 5.74) is 1.70. The van der Waals surface area contributed by atoms with E-state index in [1.807, 2.05) is 58.0 Å². The summed E-state index contributed by atoms with van der Waals surface area (Å²) in [6.45, 7) is 9.23. The summed E-state index contributed by atoms with van der Waals surface area (Å²) in [7, 11) is 0. The second-order valence-corrected chi connectivity index (χ2v) is 8.92. The van der Waals surface area contributed by atoms with Crippen LogP contribution in [0.1, 0.15) is 33.3 Å². The van der Waals surface area contributed by atoms with Gasteiger partial charge in [-0.2, -0.15) is 0 Å². The average molecular weight is 409 g/mol. The number of likely N-dealkylation sites (N-methyl/N-ethyl adjacent to an activating group) is 1. The Morgan fingerprint density at radius 3 is 2.27 bits per heavy atom. The molecule has 30 heavy (non-hydrogen) atoms. The van der Waals surface area contributed by atoms with Crippen molar-refractivity contribution in [2.24, 2.45) is 5.41 Å². The number of morpholine rings is 1. The maximum Gasteiger partial charge on any atom is 0.254 e. The fraction of sp³-hybridized carbons (Fsp3) is 0.440. The van der Waals surface area contributed by atoms with E-state index >= 15 is 0 Å². The first-order valence-corrected chi connectivity index (χ1v) is 10.6. The lowest BCUT2D eigenvalue weighted by Crippen LogP contribution is -2.63. The van der Waals surface area contributed by atoms with Gasteiger partial charge in [-0.15, -0.1) is 0 Å². The predicted molar refractivity (Wildman–Crippen MR) is 119 cm³/mol. The number of hydrogen-bond donors (Lipinski definition) is 1. The number of amides is 2. The molecule has 1 fully saturated rings. The van der Waals surface area contributed by atoms with E-state index in [0.29, 0.717) is 26.1 Å². The zero-order chi connectivity index (χ0) is 21.8. The van der Waals surface area contributed by atoms with Crippen LogP contribution in [0.25, 0.3) is 11.1 Å². The molecule has 2 aromatic carbocycles. The van der Waals surface area contributed by atoms with Crippen molar-refractivity contribution in [3.05, 3.63) is 60.2 Å². The molecule has 0 aromatic heterocycles. The highest BCUT2D eigenvalue weighted by atomic mass is 16.5. The molecular weight excluding hydrogens is 376 g/mol. The molecular formula is C25H32N2O3. The van der Waals surface area contributed by atoms with Crippen LogP contribution in [-0.4, -0.2) is 48.6 Å². The van der Waals surface area contributed by atoms with Crippen molar-refractivity contribution in [2.75, 3.05) is 26.2 Å². The molecule has 0 radical (unpaired) electrons. The first-order valence-electron chi connectivity index (χ1n) is 10.6. The number of ether oxygens (including phenoxy) is 1. The molecule has 160 valence electrons. The molecule has 3 rings (SSSR count). The maximum atomic E-state index is 13.1. The van der Waals surface area contributed by atoms with Crippen LogP contribution in [0.4, 0.5) is 0 Å². The molecule has 0 spiro atoms. The van der Waals surface area contributed by atoms with Crippen molar-refractivity contribution < 1.29 is 14.3 Å². The number of nitrogens with zero attached hydrogens (tertiary/aromatic N) is 1. The van der Waals surface area contributed by atoms with Crippen molar-refractivity contribution in [1.82, 2.24) is 10.2 Å². The topological polar surface area (TPSA) is 58.6 Å². The van der Waals surface area contributed by atoms with Crippen molar-refractivity contribution in [2.45, 2.75) is 39.7 Å². The highest BCUT2D eigenvalue weighted by Gasteiger charge is 2.46. The third-order valence-corrected chi connectivity index (χ3v) is 5.42. The van der Waals surface area contributed by atoms with Crippen LogP contribution >= 0.6 is 0 Å². The third kappa shape index (κ3) is 4.90. The molecule has 1 atom stereocenters. The van der Waals surface area contributed by atoms with Gasteiger partial charge in [0.1, 0.15) is 0 Å². The summed E-state index contributed by atoms with van der Waals surface area (Å²) >= 11 is 0. The summed E-state index contributed by atoms with van der Waals surface area (Å²) in [5.74, 6) is -0.123. The van der Waals surface area contributed by atoms with Gasteiger partial charge in [-0.05, 0) is 23.6 Å². The highest BCUT2D eigenvalue weighted by Crippen LogP contribution is 2.28. The Morgan fingerprint density at radius 2 is 1.67 bits per heavy atom. The van der Waals surface area contributed by atoms with E-state index in [-0.39, 0.29) is 18.4 Å². The number of hydrogen-bond acceptors (Lipinski definition) is 3. The minimum absolute atomic E-state index is 0.0406. The Hall–Kier alpha value is -2.66. The number of nitrogens with one attached hydrogen (secondary N) is 1. The van der Waals surface area contributed by atoms with E-state index in [0.717, 1.165) is 16.7 Å². The van der Waals surface area contributed by atoms with Crippen molar-refractivity contribution in [1.29, 1.82) is 0 Å². The number of carbonyl (C=O) groups excluding carboxylic acids is 2. The Labute approximate surface area is 179 Å². The Morgan fingerprint density at radius 1 is 1.03 bits per heavy atom. The molecule has 0 aliphatic carbocycles. The van der Waals surface area contributed by atoms with Crippen molar-refractivity contribution in [3.8, 4) is 11.1 Å². The van der Waals surface area contributed by atoms with Crippen LogP contribution in [-0.2, 0) is 20.7 Å². The summed E-state index contributed by atoms with van der Waals surface area (Å²) in [4.78, 5) is 27.7. The van der Waals surface area contributed by atoms with Gasteiger partial charge in [-0.25, -0.2) is 0 Å². The van der Waals surface area contributed by atoms with Crippen LogP contribution in [0.3, 0.4) is 0 Å². The Balaban J connectivity index is 1.85. The molecule has 1 N–H and O–H groups in total. The van der Waals surface area contributed by atoms with Gasteiger partial charge in [0.25, 0.3) is 5.91 Å². The average Bonchev–Trinajstić information content (AvgIpc) is 2.74. The molecule has 0 saturated carbocycles. The molecule has 0 unspecified atom stereocenters. The van der Waals surface area contributed by atoms with Crippen LogP contribution in [0.2, 0.25) is 0 Å². The van der Waals surface area contributed by atoms with Crippen LogP contribution in [0.15, 0.2) is 54.6 Å². The lowest BCUT2D eigenvalue weighted by Gasteiger charge is -2.43. The number of benzene rings is 2. The quantitative estimate of drug-likeness (QED) is 0.821. The second kappa shape index (κ2) is 9.00. The number of rotatable bonds is 5. The van der Waals surface area contributed by atoms with E-state index < -0.39 is 11.0 Å². The van der Waals surface area contributed by atoms with E-state index in [9.17, 15) is 9.59 Å². The predicted octanol–water partition coefficient (Wildman–Crippen LogP) is 3.68. The third-order valence-electron chi connectivity index (χ3n) is 5.42. The molecule has 1 aliphatic rings. The molecule has 5 nitrogen and oxygen atoms in total. The second-order valence-electron chi connectivity index (χ2n) is 8.92. The maximum absolute atomic E-state index is 13.1. The van der Waals surface area contributed by atoms with Gasteiger partial charge in [0.2, 0.25) is 5.91 Å². The van der Waals surface area contributed by atoms with Crippen LogP contribution in [0, 0.1) is 5.41 Å². The SMILES string of the molecule is CCNC(=O)[C@]1(Cc2ccc(-c3ccccc3)cc2)CN(C(=O)C(C)(C)C)CCO1. The van der Waals surface area contributed by atoms with Gasteiger partial charge in [-0.3, -0.25) is 9.59 Å². The standard InChI is InChI=1S/C25H32N2O3/c1-5-26-22(28)25(18-27(15-16-30-25)23(29)24(2,3)4)17-19-11-13-21(14-12-19)20-9-7-6-8-10-20/h6-14H,5,15-18H2,1-4H3,(H,26,28)/t25-/m0/s1. The minimum Gasteiger partial charge on any atom is -0.361 e. The van der Waals surface area contributed by atoms with Gasteiger partial charge >= 0.3 is 0 Å². The summed E-state index contributed by atoms with van der Waals surface area (Å²) in [5, 5.41) is 2.91. The monoisotopic (exact) mass is 408 g/mol. The van der Waals surface area contributed by atoms with Crippen LogP contribution in [0.5, 0.6) is 0 Å². The van der Waals surface area contributed by atoms with E-state index in [2.05, 4.69) is 29.6 Å². The van der Waals surface area contributed by atoms with Crippen molar-refractivity contribution >= 4 is 11.8 Å². The number of carbonyl (C=O) groups is 2. The molecule has 1 aliphatic heterocycles.